The number of fused-ring (bicyclic) bond motifs is 1. The Labute approximate surface area is 98.3 Å². The van der Waals surface area contributed by atoms with Gasteiger partial charge in [0.1, 0.15) is 0 Å². The molecule has 0 spiro atoms. The Bertz CT molecular complexity index is 598. The maximum absolute atomic E-state index is 11.0. The summed E-state index contributed by atoms with van der Waals surface area (Å²) in [5, 5.41) is 1.52. The van der Waals surface area contributed by atoms with E-state index < -0.39 is 5.24 Å². The molecule has 0 aliphatic heterocycles. The van der Waals surface area contributed by atoms with Gasteiger partial charge in [0.25, 0.3) is 5.24 Å². The molecule has 0 atom stereocenters. The predicted octanol–water partition coefficient (Wildman–Crippen LogP) is 3.64. The van der Waals surface area contributed by atoms with Gasteiger partial charge in [-0.15, -0.1) is 0 Å². The molecule has 0 aromatic heterocycles. The summed E-state index contributed by atoms with van der Waals surface area (Å²) in [6, 6.07) is 11.0. The maximum atomic E-state index is 11.0. The SMILES string of the molecule is [C-]#[N+]Cc1ccc2cc(C(=O)Cl)ccc2c1. The fraction of sp³-hybridized carbons (Fsp3) is 0.0769. The molecule has 0 aliphatic carbocycles. The highest BCUT2D eigenvalue weighted by Crippen LogP contribution is 2.19. The molecule has 0 radical (unpaired) electrons. The summed E-state index contributed by atoms with van der Waals surface area (Å²) in [5.41, 5.74) is 1.47. The molecule has 2 nitrogen and oxygen atoms in total. The number of hydrogen-bond acceptors (Lipinski definition) is 1. The van der Waals surface area contributed by atoms with Gasteiger partial charge in [-0.1, -0.05) is 18.2 Å². The van der Waals surface area contributed by atoms with Crippen molar-refractivity contribution in [3.05, 3.63) is 58.9 Å². The molecule has 0 heterocycles. The second-order valence-electron chi connectivity index (χ2n) is 3.49. The van der Waals surface area contributed by atoms with E-state index >= 15 is 0 Å². The van der Waals surface area contributed by atoms with Crippen molar-refractivity contribution in [2.75, 3.05) is 0 Å². The van der Waals surface area contributed by atoms with Crippen LogP contribution < -0.4 is 0 Å². The predicted molar refractivity (Wildman–Crippen MR) is 64.4 cm³/mol. The van der Waals surface area contributed by atoms with E-state index in [2.05, 4.69) is 4.85 Å². The normalized spacial score (nSPS) is 10.0. The summed E-state index contributed by atoms with van der Waals surface area (Å²) >= 11 is 5.41. The summed E-state index contributed by atoms with van der Waals surface area (Å²) in [7, 11) is 0. The fourth-order valence-corrected chi connectivity index (χ4v) is 1.72. The third-order valence-electron chi connectivity index (χ3n) is 2.39. The van der Waals surface area contributed by atoms with Gasteiger partial charge in [-0.3, -0.25) is 4.79 Å². The van der Waals surface area contributed by atoms with E-state index in [4.69, 9.17) is 18.2 Å². The minimum Gasteiger partial charge on any atom is -0.312 e. The van der Waals surface area contributed by atoms with Crippen LogP contribution in [0.15, 0.2) is 36.4 Å². The van der Waals surface area contributed by atoms with Crippen molar-refractivity contribution < 1.29 is 4.79 Å². The summed E-state index contributed by atoms with van der Waals surface area (Å²) < 4.78 is 0. The molecule has 0 unspecified atom stereocenters. The Morgan fingerprint density at radius 1 is 1.19 bits per heavy atom. The number of halogens is 1. The number of carbonyl (C=O) groups excluding carboxylic acids is 1. The third kappa shape index (κ3) is 2.05. The summed E-state index contributed by atoms with van der Waals surface area (Å²) in [4.78, 5) is 14.3. The van der Waals surface area contributed by atoms with Crippen LogP contribution in [0.1, 0.15) is 15.9 Å². The van der Waals surface area contributed by atoms with Crippen LogP contribution in [0.3, 0.4) is 0 Å². The molecule has 2 aromatic rings. The standard InChI is InChI=1S/C13H8ClNO/c1-15-8-9-2-3-11-7-12(13(14)16)5-4-10(11)6-9/h2-7H,8H2. The van der Waals surface area contributed by atoms with Crippen molar-refractivity contribution in [3.63, 3.8) is 0 Å². The number of carbonyl (C=O) groups is 1. The van der Waals surface area contributed by atoms with Gasteiger partial charge in [0.05, 0.1) is 0 Å². The average molecular weight is 230 g/mol. The third-order valence-corrected chi connectivity index (χ3v) is 2.61. The molecule has 0 amide bonds. The van der Waals surface area contributed by atoms with E-state index in [0.29, 0.717) is 12.1 Å². The monoisotopic (exact) mass is 229 g/mol. The van der Waals surface area contributed by atoms with E-state index in [-0.39, 0.29) is 0 Å². The highest BCUT2D eigenvalue weighted by atomic mass is 35.5. The zero-order chi connectivity index (χ0) is 11.5. The first-order chi connectivity index (χ1) is 7.70. The van der Waals surface area contributed by atoms with Crippen molar-refractivity contribution in [2.45, 2.75) is 6.54 Å². The average Bonchev–Trinajstić information content (AvgIpc) is 2.28. The van der Waals surface area contributed by atoms with E-state index in [1.54, 1.807) is 12.1 Å². The van der Waals surface area contributed by atoms with Crippen LogP contribution >= 0.6 is 11.6 Å². The molecular formula is C13H8ClNO. The lowest BCUT2D eigenvalue weighted by atomic mass is 10.0. The number of nitrogens with zero attached hydrogens (tertiary/aromatic N) is 1. The van der Waals surface area contributed by atoms with Crippen LogP contribution in [-0.4, -0.2) is 5.24 Å². The van der Waals surface area contributed by atoms with Crippen molar-refractivity contribution in [2.24, 2.45) is 0 Å². The molecular weight excluding hydrogens is 222 g/mol. The van der Waals surface area contributed by atoms with E-state index in [1.165, 1.54) is 0 Å². The molecule has 0 saturated carbocycles. The summed E-state index contributed by atoms with van der Waals surface area (Å²) in [6.45, 7) is 7.18. The second-order valence-corrected chi connectivity index (χ2v) is 3.83. The molecule has 2 rings (SSSR count). The fourth-order valence-electron chi connectivity index (χ4n) is 1.61. The summed E-state index contributed by atoms with van der Waals surface area (Å²) in [5.74, 6) is 0. The lowest BCUT2D eigenvalue weighted by Gasteiger charge is -2.00. The number of benzene rings is 2. The van der Waals surface area contributed by atoms with E-state index in [9.17, 15) is 4.79 Å². The van der Waals surface area contributed by atoms with Crippen molar-refractivity contribution in [1.29, 1.82) is 0 Å². The molecule has 0 N–H and O–H groups in total. The number of rotatable bonds is 2. The van der Waals surface area contributed by atoms with Crippen LogP contribution in [-0.2, 0) is 6.54 Å². The van der Waals surface area contributed by atoms with Crippen LogP contribution in [0, 0.1) is 6.57 Å². The van der Waals surface area contributed by atoms with Crippen LogP contribution in [0.2, 0.25) is 0 Å². The molecule has 0 saturated heterocycles. The Hall–Kier alpha value is -1.85. The quantitative estimate of drug-likeness (QED) is 0.569. The highest BCUT2D eigenvalue weighted by molar-refractivity contribution is 6.67. The van der Waals surface area contributed by atoms with Crippen LogP contribution in [0.4, 0.5) is 0 Å². The maximum Gasteiger partial charge on any atom is 0.252 e. The molecule has 0 aliphatic rings. The Balaban J connectivity index is 2.53. The minimum absolute atomic E-state index is 0.381. The smallest absolute Gasteiger partial charge is 0.252 e. The van der Waals surface area contributed by atoms with Gasteiger partial charge in [0.2, 0.25) is 6.54 Å². The van der Waals surface area contributed by atoms with Gasteiger partial charge >= 0.3 is 0 Å². The van der Waals surface area contributed by atoms with Crippen LogP contribution in [0.25, 0.3) is 15.6 Å². The zero-order valence-electron chi connectivity index (χ0n) is 8.40. The van der Waals surface area contributed by atoms with Crippen molar-refractivity contribution in [1.82, 2.24) is 0 Å². The molecule has 0 fully saturated rings. The minimum atomic E-state index is -0.452. The molecule has 78 valence electrons. The lowest BCUT2D eigenvalue weighted by Crippen LogP contribution is -1.88. The Kier molecular flexibility index (Phi) is 2.89. The highest BCUT2D eigenvalue weighted by Gasteiger charge is 2.03. The first-order valence-corrected chi connectivity index (χ1v) is 5.14. The Morgan fingerprint density at radius 3 is 2.56 bits per heavy atom. The van der Waals surface area contributed by atoms with Crippen LogP contribution in [0.5, 0.6) is 0 Å². The second kappa shape index (κ2) is 4.34. The van der Waals surface area contributed by atoms with Gasteiger partial charge in [-0.2, -0.15) is 0 Å². The van der Waals surface area contributed by atoms with Gasteiger partial charge in [-0.05, 0) is 40.6 Å². The van der Waals surface area contributed by atoms with E-state index in [0.717, 1.165) is 16.3 Å². The van der Waals surface area contributed by atoms with Crippen molar-refractivity contribution >= 4 is 27.6 Å². The Morgan fingerprint density at radius 2 is 1.88 bits per heavy atom. The number of hydrogen-bond donors (Lipinski definition) is 0. The molecule has 0 bridgehead atoms. The summed E-state index contributed by atoms with van der Waals surface area (Å²) in [6.07, 6.45) is 0. The van der Waals surface area contributed by atoms with Gasteiger partial charge in [0, 0.05) is 11.1 Å². The first-order valence-electron chi connectivity index (χ1n) is 4.76. The molecule has 2 aromatic carbocycles. The first kappa shape index (κ1) is 10.7. The van der Waals surface area contributed by atoms with Crippen molar-refractivity contribution in [3.8, 4) is 0 Å². The lowest BCUT2D eigenvalue weighted by molar-refractivity contribution is 0.108. The van der Waals surface area contributed by atoms with Gasteiger partial charge in [-0.25, -0.2) is 6.57 Å². The zero-order valence-corrected chi connectivity index (χ0v) is 9.16. The largest absolute Gasteiger partial charge is 0.312 e. The topological polar surface area (TPSA) is 21.4 Å². The van der Waals surface area contributed by atoms with Gasteiger partial charge < -0.3 is 4.85 Å². The molecule has 16 heavy (non-hydrogen) atoms. The van der Waals surface area contributed by atoms with Gasteiger partial charge in [0.15, 0.2) is 0 Å². The van der Waals surface area contributed by atoms with E-state index in [1.807, 2.05) is 24.3 Å². The molecule has 3 heteroatoms.